The maximum atomic E-state index is 12.1. The highest BCUT2D eigenvalue weighted by molar-refractivity contribution is 9.10. The molecule has 0 unspecified atom stereocenters. The number of rotatable bonds is 5. The van der Waals surface area contributed by atoms with E-state index in [4.69, 9.17) is 4.74 Å². The molecule has 2 aromatic carbocycles. The summed E-state index contributed by atoms with van der Waals surface area (Å²) in [6.45, 7) is 0.766. The number of fused-ring (bicyclic) bond motifs is 1. The zero-order valence-electron chi connectivity index (χ0n) is 11.8. The molecule has 0 fully saturated rings. The van der Waals surface area contributed by atoms with Gasteiger partial charge in [0.05, 0.1) is 6.61 Å². The van der Waals surface area contributed by atoms with Crippen molar-refractivity contribution in [2.45, 2.75) is 25.7 Å². The largest absolute Gasteiger partial charge is 0.493 e. The second-order valence-electron chi connectivity index (χ2n) is 5.29. The summed E-state index contributed by atoms with van der Waals surface area (Å²) in [5.41, 5.74) is 3.28. The summed E-state index contributed by atoms with van der Waals surface area (Å²) in [4.78, 5) is 12.1. The van der Waals surface area contributed by atoms with E-state index < -0.39 is 0 Å². The fraction of sp³-hybridized carbons (Fsp3) is 0.278. The normalized spacial score (nSPS) is 12.8. The number of halogens is 1. The maximum Gasteiger partial charge on any atom is 0.162 e. The summed E-state index contributed by atoms with van der Waals surface area (Å²) in [5.74, 6) is 1.24. The van der Waals surface area contributed by atoms with Crippen LogP contribution in [0.15, 0.2) is 46.9 Å². The monoisotopic (exact) mass is 344 g/mol. The Morgan fingerprint density at radius 1 is 1.19 bits per heavy atom. The highest BCUT2D eigenvalue weighted by atomic mass is 79.9. The van der Waals surface area contributed by atoms with Crippen LogP contribution in [-0.4, -0.2) is 12.4 Å². The number of carbonyl (C=O) groups excluding carboxylic acids is 1. The molecule has 0 saturated carbocycles. The van der Waals surface area contributed by atoms with Gasteiger partial charge in [0.15, 0.2) is 5.78 Å². The first-order valence-corrected chi connectivity index (χ1v) is 8.05. The van der Waals surface area contributed by atoms with Gasteiger partial charge in [0.1, 0.15) is 5.75 Å². The molecule has 21 heavy (non-hydrogen) atoms. The minimum atomic E-state index is 0.211. The van der Waals surface area contributed by atoms with E-state index in [-0.39, 0.29) is 5.78 Å². The molecule has 0 saturated heterocycles. The van der Waals surface area contributed by atoms with Crippen LogP contribution in [0, 0.1) is 0 Å². The minimum absolute atomic E-state index is 0.211. The standard InChI is InChI=1S/C18H17BrO2/c19-16-11-14(18-15(12-16)9-10-21-18)7-4-8-17(20)13-5-2-1-3-6-13/h1-3,5-6,11-12H,4,7-10H2. The van der Waals surface area contributed by atoms with Crippen LogP contribution in [0.25, 0.3) is 0 Å². The van der Waals surface area contributed by atoms with Crippen molar-refractivity contribution in [3.05, 3.63) is 63.6 Å². The number of Topliss-reactive ketones (excluding diaryl/α,β-unsaturated/α-hetero) is 1. The molecule has 2 nitrogen and oxygen atoms in total. The number of ketones is 1. The first kappa shape index (κ1) is 14.3. The van der Waals surface area contributed by atoms with E-state index in [1.54, 1.807) is 0 Å². The molecular formula is C18H17BrO2. The van der Waals surface area contributed by atoms with Gasteiger partial charge >= 0.3 is 0 Å². The third-order valence-electron chi connectivity index (χ3n) is 3.77. The Morgan fingerprint density at radius 2 is 2.00 bits per heavy atom. The van der Waals surface area contributed by atoms with Crippen LogP contribution in [0.2, 0.25) is 0 Å². The quantitative estimate of drug-likeness (QED) is 0.741. The molecule has 0 amide bonds. The zero-order chi connectivity index (χ0) is 14.7. The van der Waals surface area contributed by atoms with Gasteiger partial charge in [-0.25, -0.2) is 0 Å². The Morgan fingerprint density at radius 3 is 2.81 bits per heavy atom. The van der Waals surface area contributed by atoms with E-state index >= 15 is 0 Å². The minimum Gasteiger partial charge on any atom is -0.493 e. The lowest BCUT2D eigenvalue weighted by molar-refractivity contribution is 0.0980. The first-order chi connectivity index (χ1) is 10.2. The third kappa shape index (κ3) is 3.35. The van der Waals surface area contributed by atoms with Gasteiger partial charge in [0, 0.05) is 22.9 Å². The van der Waals surface area contributed by atoms with Crippen LogP contribution in [-0.2, 0) is 12.8 Å². The van der Waals surface area contributed by atoms with Gasteiger partial charge < -0.3 is 4.74 Å². The lowest BCUT2D eigenvalue weighted by Gasteiger charge is -2.09. The van der Waals surface area contributed by atoms with Crippen LogP contribution in [0.5, 0.6) is 5.75 Å². The first-order valence-electron chi connectivity index (χ1n) is 7.26. The van der Waals surface area contributed by atoms with Crippen LogP contribution < -0.4 is 4.74 Å². The summed E-state index contributed by atoms with van der Waals surface area (Å²) < 4.78 is 6.81. The van der Waals surface area contributed by atoms with Crippen molar-refractivity contribution in [1.82, 2.24) is 0 Å². The average Bonchev–Trinajstić information content (AvgIpc) is 2.96. The summed E-state index contributed by atoms with van der Waals surface area (Å²) in [6, 6.07) is 13.7. The average molecular weight is 345 g/mol. The van der Waals surface area contributed by atoms with E-state index in [1.165, 1.54) is 11.1 Å². The predicted octanol–water partition coefficient (Wildman–Crippen LogP) is 4.59. The smallest absolute Gasteiger partial charge is 0.162 e. The Balaban J connectivity index is 1.63. The predicted molar refractivity (Wildman–Crippen MR) is 87.1 cm³/mol. The molecule has 1 heterocycles. The topological polar surface area (TPSA) is 26.3 Å². The van der Waals surface area contributed by atoms with E-state index in [0.717, 1.165) is 41.7 Å². The summed E-state index contributed by atoms with van der Waals surface area (Å²) in [7, 11) is 0. The van der Waals surface area contributed by atoms with Crippen molar-refractivity contribution in [1.29, 1.82) is 0 Å². The lowest BCUT2D eigenvalue weighted by Crippen LogP contribution is -2.00. The molecule has 0 spiro atoms. The van der Waals surface area contributed by atoms with Gasteiger partial charge in [0.2, 0.25) is 0 Å². The molecule has 108 valence electrons. The molecule has 0 atom stereocenters. The van der Waals surface area contributed by atoms with Gasteiger partial charge in [-0.2, -0.15) is 0 Å². The second-order valence-corrected chi connectivity index (χ2v) is 6.21. The van der Waals surface area contributed by atoms with E-state index in [0.29, 0.717) is 6.42 Å². The lowest BCUT2D eigenvalue weighted by atomic mass is 10.0. The molecule has 0 radical (unpaired) electrons. The van der Waals surface area contributed by atoms with Gasteiger partial charge in [-0.15, -0.1) is 0 Å². The van der Waals surface area contributed by atoms with Gasteiger partial charge in [-0.05, 0) is 36.1 Å². The molecule has 3 rings (SSSR count). The summed E-state index contributed by atoms with van der Waals surface area (Å²) in [6.07, 6.45) is 3.27. The van der Waals surface area contributed by atoms with E-state index in [2.05, 4.69) is 28.1 Å². The number of carbonyl (C=O) groups is 1. The van der Waals surface area contributed by atoms with Crippen LogP contribution in [0.3, 0.4) is 0 Å². The van der Waals surface area contributed by atoms with Crippen molar-refractivity contribution in [2.75, 3.05) is 6.61 Å². The van der Waals surface area contributed by atoms with Crippen LogP contribution in [0.1, 0.15) is 34.3 Å². The zero-order valence-corrected chi connectivity index (χ0v) is 13.4. The number of hydrogen-bond donors (Lipinski definition) is 0. The SMILES string of the molecule is O=C(CCCc1cc(Br)cc2c1OCC2)c1ccccc1. The second kappa shape index (κ2) is 6.44. The van der Waals surface area contributed by atoms with Crippen LogP contribution >= 0.6 is 15.9 Å². The number of ether oxygens (including phenoxy) is 1. The van der Waals surface area contributed by atoms with Gasteiger partial charge in [-0.3, -0.25) is 4.79 Å². The van der Waals surface area contributed by atoms with E-state index in [9.17, 15) is 4.79 Å². The summed E-state index contributed by atoms with van der Waals surface area (Å²) >= 11 is 3.55. The Hall–Kier alpha value is -1.61. The van der Waals surface area contributed by atoms with Crippen molar-refractivity contribution in [3.8, 4) is 5.75 Å². The van der Waals surface area contributed by atoms with Crippen molar-refractivity contribution < 1.29 is 9.53 Å². The molecule has 0 aliphatic carbocycles. The molecule has 0 bridgehead atoms. The molecule has 2 aromatic rings. The molecule has 1 aliphatic rings. The van der Waals surface area contributed by atoms with Crippen molar-refractivity contribution >= 4 is 21.7 Å². The Bertz CT molecular complexity index is 650. The molecular weight excluding hydrogens is 328 g/mol. The highest BCUT2D eigenvalue weighted by Crippen LogP contribution is 2.33. The molecule has 1 aliphatic heterocycles. The summed E-state index contributed by atoms with van der Waals surface area (Å²) in [5, 5.41) is 0. The van der Waals surface area contributed by atoms with Crippen molar-refractivity contribution in [2.24, 2.45) is 0 Å². The number of hydrogen-bond acceptors (Lipinski definition) is 2. The fourth-order valence-corrected chi connectivity index (χ4v) is 3.29. The Labute approximate surface area is 133 Å². The fourth-order valence-electron chi connectivity index (χ4n) is 2.74. The highest BCUT2D eigenvalue weighted by Gasteiger charge is 2.17. The van der Waals surface area contributed by atoms with Crippen LogP contribution in [0.4, 0.5) is 0 Å². The molecule has 3 heteroatoms. The maximum absolute atomic E-state index is 12.1. The number of benzene rings is 2. The van der Waals surface area contributed by atoms with Gasteiger partial charge in [0.25, 0.3) is 0 Å². The number of aryl methyl sites for hydroxylation is 1. The third-order valence-corrected chi connectivity index (χ3v) is 4.23. The molecule has 0 N–H and O–H groups in total. The van der Waals surface area contributed by atoms with E-state index in [1.807, 2.05) is 30.3 Å². The van der Waals surface area contributed by atoms with Crippen molar-refractivity contribution in [3.63, 3.8) is 0 Å². The molecule has 0 aromatic heterocycles. The Kier molecular flexibility index (Phi) is 4.39. The van der Waals surface area contributed by atoms with Gasteiger partial charge in [-0.1, -0.05) is 46.3 Å².